The van der Waals surface area contributed by atoms with Crippen LogP contribution in [0.25, 0.3) is 10.9 Å². The van der Waals surface area contributed by atoms with Gasteiger partial charge in [-0.1, -0.05) is 20.3 Å². The lowest BCUT2D eigenvalue weighted by Gasteiger charge is -2.14. The highest BCUT2D eigenvalue weighted by Gasteiger charge is 2.08. The number of H-pyrrole nitrogens is 1. The first-order chi connectivity index (χ1) is 9.11. The monoisotopic (exact) mass is 261 g/mol. The molecule has 2 rings (SSSR count). The second-order valence-electron chi connectivity index (χ2n) is 4.84. The Morgan fingerprint density at radius 1 is 1.47 bits per heavy atom. The highest BCUT2D eigenvalue weighted by Crippen LogP contribution is 2.26. The van der Waals surface area contributed by atoms with Crippen molar-refractivity contribution in [3.63, 3.8) is 0 Å². The Labute approximate surface area is 111 Å². The summed E-state index contributed by atoms with van der Waals surface area (Å²) in [6.07, 6.45) is 3.63. The van der Waals surface area contributed by atoms with E-state index in [2.05, 4.69) is 23.8 Å². The number of nitrogens with two attached hydrogens (primary N) is 1. The van der Waals surface area contributed by atoms with E-state index in [-0.39, 0.29) is 5.56 Å². The van der Waals surface area contributed by atoms with E-state index in [0.717, 1.165) is 12.8 Å². The molecule has 0 spiro atoms. The molecule has 0 saturated heterocycles. The number of aromatic amines is 1. The standard InChI is InChI=1S/C14H19N3O2/c1-3-4-9(2)7-19-13-6-12-10(5-11(13)15)14(18)17-8-16-12/h5-6,8-9H,3-4,7,15H2,1-2H3,(H,16,17,18). The molecule has 19 heavy (non-hydrogen) atoms. The molecule has 0 saturated carbocycles. The van der Waals surface area contributed by atoms with Crippen LogP contribution in [0, 0.1) is 5.92 Å². The number of ether oxygens (including phenoxy) is 1. The number of nitrogens with one attached hydrogen (secondary N) is 1. The lowest BCUT2D eigenvalue weighted by Crippen LogP contribution is -2.11. The van der Waals surface area contributed by atoms with Crippen molar-refractivity contribution in [1.82, 2.24) is 9.97 Å². The summed E-state index contributed by atoms with van der Waals surface area (Å²) in [5.74, 6) is 1.07. The molecule has 0 aliphatic carbocycles. The molecular weight excluding hydrogens is 242 g/mol. The molecule has 0 fully saturated rings. The van der Waals surface area contributed by atoms with Gasteiger partial charge in [-0.05, 0) is 18.4 Å². The average Bonchev–Trinajstić information content (AvgIpc) is 2.38. The van der Waals surface area contributed by atoms with Crippen molar-refractivity contribution in [2.45, 2.75) is 26.7 Å². The molecule has 2 aromatic rings. The lowest BCUT2D eigenvalue weighted by atomic mass is 10.1. The van der Waals surface area contributed by atoms with Gasteiger partial charge in [-0.3, -0.25) is 4.79 Å². The zero-order valence-electron chi connectivity index (χ0n) is 11.3. The first kappa shape index (κ1) is 13.4. The molecular formula is C14H19N3O2. The molecule has 0 amide bonds. The van der Waals surface area contributed by atoms with Gasteiger partial charge in [0.05, 0.1) is 29.5 Å². The summed E-state index contributed by atoms with van der Waals surface area (Å²) in [6.45, 7) is 4.91. The van der Waals surface area contributed by atoms with Gasteiger partial charge in [0.1, 0.15) is 5.75 Å². The minimum absolute atomic E-state index is 0.192. The Morgan fingerprint density at radius 3 is 3.00 bits per heavy atom. The van der Waals surface area contributed by atoms with Crippen LogP contribution in [0.2, 0.25) is 0 Å². The van der Waals surface area contributed by atoms with Crippen LogP contribution in [0.3, 0.4) is 0 Å². The fourth-order valence-corrected chi connectivity index (χ4v) is 2.05. The first-order valence-corrected chi connectivity index (χ1v) is 6.51. The number of nitrogen functional groups attached to an aromatic ring is 1. The Bertz CT molecular complexity index is 622. The van der Waals surface area contributed by atoms with Crippen LogP contribution < -0.4 is 16.0 Å². The van der Waals surface area contributed by atoms with Crippen molar-refractivity contribution < 1.29 is 4.74 Å². The zero-order valence-corrected chi connectivity index (χ0v) is 11.3. The Morgan fingerprint density at radius 2 is 2.26 bits per heavy atom. The van der Waals surface area contributed by atoms with Gasteiger partial charge in [-0.25, -0.2) is 4.98 Å². The summed E-state index contributed by atoms with van der Waals surface area (Å²) in [6, 6.07) is 3.33. The zero-order chi connectivity index (χ0) is 13.8. The number of hydrogen-bond acceptors (Lipinski definition) is 4. The third kappa shape index (κ3) is 3.05. The Kier molecular flexibility index (Phi) is 4.04. The van der Waals surface area contributed by atoms with Crippen molar-refractivity contribution in [1.29, 1.82) is 0 Å². The second-order valence-corrected chi connectivity index (χ2v) is 4.84. The van der Waals surface area contributed by atoms with E-state index in [1.807, 2.05) is 0 Å². The third-order valence-corrected chi connectivity index (χ3v) is 3.08. The summed E-state index contributed by atoms with van der Waals surface area (Å²) in [4.78, 5) is 18.2. The summed E-state index contributed by atoms with van der Waals surface area (Å²) >= 11 is 0. The normalized spacial score (nSPS) is 12.5. The predicted molar refractivity (Wildman–Crippen MR) is 76.3 cm³/mol. The van der Waals surface area contributed by atoms with Crippen LogP contribution in [0.4, 0.5) is 5.69 Å². The van der Waals surface area contributed by atoms with Crippen LogP contribution in [0.15, 0.2) is 23.3 Å². The molecule has 0 aliphatic heterocycles. The number of fused-ring (bicyclic) bond motifs is 1. The van der Waals surface area contributed by atoms with Crippen LogP contribution in [-0.4, -0.2) is 16.6 Å². The van der Waals surface area contributed by atoms with Gasteiger partial charge >= 0.3 is 0 Å². The summed E-state index contributed by atoms with van der Waals surface area (Å²) in [7, 11) is 0. The van der Waals surface area contributed by atoms with E-state index in [1.165, 1.54) is 6.33 Å². The van der Waals surface area contributed by atoms with Crippen molar-refractivity contribution in [3.05, 3.63) is 28.8 Å². The van der Waals surface area contributed by atoms with E-state index in [9.17, 15) is 4.79 Å². The molecule has 1 heterocycles. The topological polar surface area (TPSA) is 81.0 Å². The van der Waals surface area contributed by atoms with E-state index in [1.54, 1.807) is 12.1 Å². The molecule has 5 heteroatoms. The molecule has 3 N–H and O–H groups in total. The minimum Gasteiger partial charge on any atom is -0.491 e. The van der Waals surface area contributed by atoms with Crippen molar-refractivity contribution >= 4 is 16.6 Å². The van der Waals surface area contributed by atoms with Crippen molar-refractivity contribution in [3.8, 4) is 5.75 Å². The van der Waals surface area contributed by atoms with Gasteiger partial charge in [0.25, 0.3) is 5.56 Å². The summed E-state index contributed by atoms with van der Waals surface area (Å²) < 4.78 is 5.72. The molecule has 0 bridgehead atoms. The Balaban J connectivity index is 2.24. The van der Waals surface area contributed by atoms with Crippen LogP contribution in [0.5, 0.6) is 5.75 Å². The smallest absolute Gasteiger partial charge is 0.258 e. The van der Waals surface area contributed by atoms with Gasteiger partial charge in [-0.2, -0.15) is 0 Å². The summed E-state index contributed by atoms with van der Waals surface area (Å²) in [5.41, 5.74) is 6.78. The number of benzene rings is 1. The van der Waals surface area contributed by atoms with Gasteiger partial charge in [0, 0.05) is 6.07 Å². The van der Waals surface area contributed by atoms with E-state index in [0.29, 0.717) is 34.9 Å². The fourth-order valence-electron chi connectivity index (χ4n) is 2.05. The Hall–Kier alpha value is -2.04. The molecule has 5 nitrogen and oxygen atoms in total. The quantitative estimate of drug-likeness (QED) is 0.809. The predicted octanol–water partition coefficient (Wildman–Crippen LogP) is 2.32. The fraction of sp³-hybridized carbons (Fsp3) is 0.429. The number of anilines is 1. The van der Waals surface area contributed by atoms with Gasteiger partial charge < -0.3 is 15.5 Å². The van der Waals surface area contributed by atoms with Crippen molar-refractivity contribution in [2.24, 2.45) is 5.92 Å². The van der Waals surface area contributed by atoms with Gasteiger partial charge in [0.2, 0.25) is 0 Å². The van der Waals surface area contributed by atoms with E-state index in [4.69, 9.17) is 10.5 Å². The third-order valence-electron chi connectivity index (χ3n) is 3.08. The van der Waals surface area contributed by atoms with Crippen molar-refractivity contribution in [2.75, 3.05) is 12.3 Å². The molecule has 102 valence electrons. The van der Waals surface area contributed by atoms with Crippen LogP contribution in [0.1, 0.15) is 26.7 Å². The maximum Gasteiger partial charge on any atom is 0.258 e. The maximum absolute atomic E-state index is 11.6. The molecule has 1 unspecified atom stereocenters. The largest absolute Gasteiger partial charge is 0.491 e. The molecule has 1 aromatic carbocycles. The summed E-state index contributed by atoms with van der Waals surface area (Å²) in [5, 5.41) is 0.481. The molecule has 1 atom stereocenters. The van der Waals surface area contributed by atoms with E-state index >= 15 is 0 Å². The SMILES string of the molecule is CCCC(C)COc1cc2nc[nH]c(=O)c2cc1N. The number of aromatic nitrogens is 2. The highest BCUT2D eigenvalue weighted by atomic mass is 16.5. The van der Waals surface area contributed by atoms with Crippen LogP contribution in [-0.2, 0) is 0 Å². The van der Waals surface area contributed by atoms with E-state index < -0.39 is 0 Å². The number of nitrogens with zero attached hydrogens (tertiary/aromatic N) is 1. The number of hydrogen-bond donors (Lipinski definition) is 2. The highest BCUT2D eigenvalue weighted by molar-refractivity contribution is 5.84. The second kappa shape index (κ2) is 5.73. The average molecular weight is 261 g/mol. The van der Waals surface area contributed by atoms with Gasteiger partial charge in [-0.15, -0.1) is 0 Å². The molecule has 1 aromatic heterocycles. The van der Waals surface area contributed by atoms with Crippen LogP contribution >= 0.6 is 0 Å². The lowest BCUT2D eigenvalue weighted by molar-refractivity contribution is 0.253. The number of rotatable bonds is 5. The molecule has 0 aliphatic rings. The first-order valence-electron chi connectivity index (χ1n) is 6.51. The van der Waals surface area contributed by atoms with Gasteiger partial charge in [0.15, 0.2) is 0 Å². The maximum atomic E-state index is 11.6. The molecule has 0 radical (unpaired) electrons. The minimum atomic E-state index is -0.192.